The Labute approximate surface area is 116 Å². The Morgan fingerprint density at radius 3 is 2.84 bits per heavy atom. The molecule has 0 aliphatic heterocycles. The molecule has 1 heterocycles. The van der Waals surface area contributed by atoms with Crippen molar-refractivity contribution in [3.63, 3.8) is 0 Å². The number of hydrogen-bond donors (Lipinski definition) is 1. The van der Waals surface area contributed by atoms with Crippen molar-refractivity contribution in [1.82, 2.24) is 4.98 Å². The summed E-state index contributed by atoms with van der Waals surface area (Å²) in [4.78, 5) is 4.26. The number of nitrogens with zero attached hydrogens (tertiary/aromatic N) is 1. The molecule has 0 unspecified atom stereocenters. The van der Waals surface area contributed by atoms with Gasteiger partial charge in [-0.1, -0.05) is 11.8 Å². The van der Waals surface area contributed by atoms with Crippen molar-refractivity contribution in [3.05, 3.63) is 18.2 Å². The average Bonchev–Trinajstić information content (AvgIpc) is 2.70. The quantitative estimate of drug-likeness (QED) is 0.673. The van der Waals surface area contributed by atoms with Crippen molar-refractivity contribution in [2.45, 2.75) is 24.3 Å². The van der Waals surface area contributed by atoms with Gasteiger partial charge in [-0.15, -0.1) is 0 Å². The molecule has 0 atom stereocenters. The van der Waals surface area contributed by atoms with E-state index in [-0.39, 0.29) is 11.0 Å². The van der Waals surface area contributed by atoms with Crippen molar-refractivity contribution in [2.75, 3.05) is 17.2 Å². The Bertz CT molecular complexity index is 677. The number of benzene rings is 1. The summed E-state index contributed by atoms with van der Waals surface area (Å²) in [5.74, 6) is 0.555. The van der Waals surface area contributed by atoms with Crippen LogP contribution in [0.2, 0.25) is 0 Å². The Hall–Kier alpha value is -1.21. The molecule has 2 N–H and O–H groups in total. The van der Waals surface area contributed by atoms with E-state index in [1.807, 2.05) is 0 Å². The van der Waals surface area contributed by atoms with E-state index >= 15 is 0 Å². The lowest BCUT2D eigenvalue weighted by Crippen LogP contribution is -2.18. The first-order valence-corrected chi connectivity index (χ1v) is 8.59. The van der Waals surface area contributed by atoms with Gasteiger partial charge in [0, 0.05) is 11.4 Å². The SMILES string of the molecule is CC(C)S(=O)(=O)CCSc1nc2cc(N)ccc2o1. The molecule has 0 amide bonds. The van der Waals surface area contributed by atoms with Crippen LogP contribution in [-0.2, 0) is 9.84 Å². The fourth-order valence-corrected chi connectivity index (χ4v) is 3.69. The van der Waals surface area contributed by atoms with E-state index in [0.717, 1.165) is 0 Å². The van der Waals surface area contributed by atoms with Crippen molar-refractivity contribution < 1.29 is 12.8 Å². The third-order valence-electron chi connectivity index (χ3n) is 2.70. The maximum Gasteiger partial charge on any atom is 0.256 e. The minimum Gasteiger partial charge on any atom is -0.431 e. The van der Waals surface area contributed by atoms with Crippen molar-refractivity contribution in [1.29, 1.82) is 0 Å². The molecule has 1 aromatic carbocycles. The third-order valence-corrected chi connectivity index (χ3v) is 6.00. The molecule has 0 radical (unpaired) electrons. The monoisotopic (exact) mass is 300 g/mol. The highest BCUT2D eigenvalue weighted by Crippen LogP contribution is 2.25. The first-order valence-electron chi connectivity index (χ1n) is 5.89. The van der Waals surface area contributed by atoms with Gasteiger partial charge < -0.3 is 10.2 Å². The van der Waals surface area contributed by atoms with Crippen molar-refractivity contribution in [3.8, 4) is 0 Å². The smallest absolute Gasteiger partial charge is 0.256 e. The molecule has 2 rings (SSSR count). The molecule has 0 saturated carbocycles. The molecule has 104 valence electrons. The molecular weight excluding hydrogens is 284 g/mol. The Morgan fingerprint density at radius 1 is 1.42 bits per heavy atom. The van der Waals surface area contributed by atoms with E-state index in [4.69, 9.17) is 10.2 Å². The molecular formula is C12H16N2O3S2. The molecule has 0 spiro atoms. The van der Waals surface area contributed by atoms with Crippen molar-refractivity contribution >= 4 is 38.4 Å². The van der Waals surface area contributed by atoms with E-state index in [1.54, 1.807) is 32.0 Å². The largest absolute Gasteiger partial charge is 0.431 e. The number of nitrogen functional groups attached to an aromatic ring is 1. The van der Waals surface area contributed by atoms with Crippen LogP contribution in [-0.4, -0.2) is 30.2 Å². The first kappa shape index (κ1) is 14.2. The summed E-state index contributed by atoms with van der Waals surface area (Å²) in [5.41, 5.74) is 7.63. The normalized spacial score (nSPS) is 12.4. The van der Waals surface area contributed by atoms with Gasteiger partial charge in [0.1, 0.15) is 5.52 Å². The van der Waals surface area contributed by atoms with Crippen LogP contribution < -0.4 is 5.73 Å². The number of sulfone groups is 1. The van der Waals surface area contributed by atoms with E-state index in [9.17, 15) is 8.42 Å². The van der Waals surface area contributed by atoms with Gasteiger partial charge in [0.05, 0.1) is 11.0 Å². The lowest BCUT2D eigenvalue weighted by molar-refractivity contribution is 0.489. The maximum atomic E-state index is 11.7. The lowest BCUT2D eigenvalue weighted by atomic mass is 10.3. The molecule has 0 aliphatic rings. The van der Waals surface area contributed by atoms with Crippen LogP contribution >= 0.6 is 11.8 Å². The topological polar surface area (TPSA) is 86.2 Å². The van der Waals surface area contributed by atoms with Crippen LogP contribution in [0, 0.1) is 0 Å². The highest BCUT2D eigenvalue weighted by molar-refractivity contribution is 8.00. The predicted octanol–water partition coefficient (Wildman–Crippen LogP) is 2.33. The van der Waals surface area contributed by atoms with Crippen LogP contribution in [0.4, 0.5) is 5.69 Å². The Kier molecular flexibility index (Phi) is 4.05. The highest BCUT2D eigenvalue weighted by Gasteiger charge is 2.16. The van der Waals surface area contributed by atoms with Gasteiger partial charge in [0.15, 0.2) is 15.4 Å². The summed E-state index contributed by atoms with van der Waals surface area (Å²) >= 11 is 1.30. The second-order valence-corrected chi connectivity index (χ2v) is 8.19. The number of thioether (sulfide) groups is 1. The van der Waals surface area contributed by atoms with Gasteiger partial charge >= 0.3 is 0 Å². The zero-order chi connectivity index (χ0) is 14.0. The van der Waals surface area contributed by atoms with Crippen LogP contribution in [0.3, 0.4) is 0 Å². The van der Waals surface area contributed by atoms with Crippen LogP contribution in [0.25, 0.3) is 11.1 Å². The first-order chi connectivity index (χ1) is 8.88. The van der Waals surface area contributed by atoms with Gasteiger partial charge in [-0.25, -0.2) is 13.4 Å². The second-order valence-electron chi connectivity index (χ2n) is 4.47. The predicted molar refractivity (Wildman–Crippen MR) is 78.1 cm³/mol. The summed E-state index contributed by atoms with van der Waals surface area (Å²) in [6, 6.07) is 5.23. The van der Waals surface area contributed by atoms with Crippen LogP contribution in [0.15, 0.2) is 27.8 Å². The molecule has 0 fully saturated rings. The zero-order valence-electron chi connectivity index (χ0n) is 10.8. The van der Waals surface area contributed by atoms with Gasteiger partial charge in [-0.05, 0) is 32.0 Å². The molecule has 1 aromatic heterocycles. The lowest BCUT2D eigenvalue weighted by Gasteiger charge is -2.05. The molecule has 7 heteroatoms. The zero-order valence-corrected chi connectivity index (χ0v) is 12.4. The fourth-order valence-electron chi connectivity index (χ4n) is 1.47. The molecule has 5 nitrogen and oxygen atoms in total. The third kappa shape index (κ3) is 3.42. The molecule has 0 aliphatic carbocycles. The molecule has 2 aromatic rings. The van der Waals surface area contributed by atoms with Crippen LogP contribution in [0.1, 0.15) is 13.8 Å². The van der Waals surface area contributed by atoms with Crippen molar-refractivity contribution in [2.24, 2.45) is 0 Å². The van der Waals surface area contributed by atoms with E-state index in [1.165, 1.54) is 11.8 Å². The molecule has 0 saturated heterocycles. The minimum atomic E-state index is -3.02. The summed E-state index contributed by atoms with van der Waals surface area (Å²) in [7, 11) is -3.02. The van der Waals surface area contributed by atoms with E-state index < -0.39 is 9.84 Å². The second kappa shape index (κ2) is 5.42. The van der Waals surface area contributed by atoms with Gasteiger partial charge in [-0.3, -0.25) is 0 Å². The number of nitrogens with two attached hydrogens (primary N) is 1. The van der Waals surface area contributed by atoms with E-state index in [2.05, 4.69) is 4.98 Å². The van der Waals surface area contributed by atoms with Crippen LogP contribution in [0.5, 0.6) is 0 Å². The summed E-state index contributed by atoms with van der Waals surface area (Å²) in [6.07, 6.45) is 0. The minimum absolute atomic E-state index is 0.121. The summed E-state index contributed by atoms with van der Waals surface area (Å²) in [6.45, 7) is 3.37. The summed E-state index contributed by atoms with van der Waals surface area (Å²) in [5, 5.41) is 0.121. The number of anilines is 1. The van der Waals surface area contributed by atoms with Gasteiger partial charge in [0.25, 0.3) is 5.22 Å². The standard InChI is InChI=1S/C12H16N2O3S2/c1-8(2)19(15,16)6-5-18-12-14-10-7-9(13)3-4-11(10)17-12/h3-4,7-8H,5-6,13H2,1-2H3. The number of aromatic nitrogens is 1. The number of fused-ring (bicyclic) bond motifs is 1. The Morgan fingerprint density at radius 2 is 2.16 bits per heavy atom. The fraction of sp³-hybridized carbons (Fsp3) is 0.417. The average molecular weight is 300 g/mol. The molecule has 0 bridgehead atoms. The maximum absolute atomic E-state index is 11.7. The molecule has 19 heavy (non-hydrogen) atoms. The van der Waals surface area contributed by atoms with Gasteiger partial charge in [-0.2, -0.15) is 0 Å². The number of hydrogen-bond acceptors (Lipinski definition) is 6. The number of oxazole rings is 1. The summed E-state index contributed by atoms with van der Waals surface area (Å²) < 4.78 is 28.8. The Balaban J connectivity index is 2.03. The highest BCUT2D eigenvalue weighted by atomic mass is 32.2. The van der Waals surface area contributed by atoms with E-state index in [0.29, 0.717) is 27.8 Å². The number of rotatable bonds is 5. The van der Waals surface area contributed by atoms with Gasteiger partial charge in [0.2, 0.25) is 0 Å².